The minimum Gasteiger partial charge on any atom is -0.325 e. The lowest BCUT2D eigenvalue weighted by Gasteiger charge is -2.26. The predicted molar refractivity (Wildman–Crippen MR) is 100 cm³/mol. The van der Waals surface area contributed by atoms with Crippen LogP contribution in [0.2, 0.25) is 0 Å². The Morgan fingerprint density at radius 1 is 1.08 bits per heavy atom. The van der Waals surface area contributed by atoms with Gasteiger partial charge in [0, 0.05) is 18.8 Å². The number of aryl methyl sites for hydroxylation is 2. The van der Waals surface area contributed by atoms with Gasteiger partial charge in [0.25, 0.3) is 0 Å². The van der Waals surface area contributed by atoms with Gasteiger partial charge in [-0.25, -0.2) is 0 Å². The SMILES string of the molecule is Cc1ccc(NC(=O)CN2CC=C(c3ccccc3)CC2)cc1C. The van der Waals surface area contributed by atoms with Gasteiger partial charge in [0.05, 0.1) is 6.54 Å². The molecule has 0 fully saturated rings. The maximum Gasteiger partial charge on any atom is 0.238 e. The van der Waals surface area contributed by atoms with Gasteiger partial charge in [-0.3, -0.25) is 9.69 Å². The zero-order valence-corrected chi connectivity index (χ0v) is 14.4. The van der Waals surface area contributed by atoms with Crippen LogP contribution in [-0.4, -0.2) is 30.4 Å². The summed E-state index contributed by atoms with van der Waals surface area (Å²) < 4.78 is 0. The molecular weight excluding hydrogens is 296 g/mol. The highest BCUT2D eigenvalue weighted by Gasteiger charge is 2.15. The molecule has 3 nitrogen and oxygen atoms in total. The fourth-order valence-electron chi connectivity index (χ4n) is 2.99. The van der Waals surface area contributed by atoms with E-state index in [1.165, 1.54) is 22.3 Å². The zero-order chi connectivity index (χ0) is 16.9. The van der Waals surface area contributed by atoms with Gasteiger partial charge in [-0.05, 0) is 54.7 Å². The van der Waals surface area contributed by atoms with E-state index in [0.717, 1.165) is 25.2 Å². The summed E-state index contributed by atoms with van der Waals surface area (Å²) in [6.45, 7) is 6.31. The molecule has 0 saturated carbocycles. The molecule has 1 heterocycles. The van der Waals surface area contributed by atoms with Crippen LogP contribution in [-0.2, 0) is 4.79 Å². The number of amides is 1. The molecule has 1 aliphatic rings. The number of nitrogens with one attached hydrogen (secondary N) is 1. The summed E-state index contributed by atoms with van der Waals surface area (Å²) in [7, 11) is 0. The van der Waals surface area contributed by atoms with Crippen LogP contribution in [0.4, 0.5) is 5.69 Å². The second kappa shape index (κ2) is 7.45. The molecule has 0 saturated heterocycles. The van der Waals surface area contributed by atoms with Gasteiger partial charge in [-0.1, -0.05) is 42.5 Å². The van der Waals surface area contributed by atoms with Gasteiger partial charge in [0.2, 0.25) is 5.91 Å². The Morgan fingerprint density at radius 2 is 1.88 bits per heavy atom. The minimum atomic E-state index is 0.0508. The number of benzene rings is 2. The summed E-state index contributed by atoms with van der Waals surface area (Å²) in [5, 5.41) is 3.00. The summed E-state index contributed by atoms with van der Waals surface area (Å²) in [4.78, 5) is 14.4. The molecule has 0 unspecified atom stereocenters. The van der Waals surface area contributed by atoms with Crippen LogP contribution < -0.4 is 5.32 Å². The van der Waals surface area contributed by atoms with E-state index in [4.69, 9.17) is 0 Å². The maximum atomic E-state index is 12.3. The van der Waals surface area contributed by atoms with Crippen molar-refractivity contribution >= 4 is 17.2 Å². The van der Waals surface area contributed by atoms with Crippen molar-refractivity contribution in [1.82, 2.24) is 4.90 Å². The minimum absolute atomic E-state index is 0.0508. The van der Waals surface area contributed by atoms with Crippen LogP contribution in [0.1, 0.15) is 23.1 Å². The topological polar surface area (TPSA) is 32.3 Å². The van der Waals surface area contributed by atoms with Crippen molar-refractivity contribution in [3.63, 3.8) is 0 Å². The van der Waals surface area contributed by atoms with E-state index >= 15 is 0 Å². The molecule has 0 aliphatic carbocycles. The molecule has 2 aromatic rings. The standard InChI is InChI=1S/C21H24N2O/c1-16-8-9-20(14-17(16)2)22-21(24)15-23-12-10-19(11-13-23)18-6-4-3-5-7-18/h3-10,14H,11-13,15H2,1-2H3,(H,22,24). The normalized spacial score (nSPS) is 15.0. The number of hydrogen-bond acceptors (Lipinski definition) is 2. The number of nitrogens with zero attached hydrogens (tertiary/aromatic N) is 1. The highest BCUT2D eigenvalue weighted by molar-refractivity contribution is 5.92. The van der Waals surface area contributed by atoms with E-state index in [2.05, 4.69) is 54.4 Å². The number of hydrogen-bond donors (Lipinski definition) is 1. The third-order valence-electron chi connectivity index (χ3n) is 4.60. The highest BCUT2D eigenvalue weighted by atomic mass is 16.2. The van der Waals surface area contributed by atoms with Crippen molar-refractivity contribution in [2.75, 3.05) is 25.0 Å². The molecule has 0 atom stereocenters. The van der Waals surface area contributed by atoms with E-state index in [-0.39, 0.29) is 5.91 Å². The van der Waals surface area contributed by atoms with Gasteiger partial charge in [0.1, 0.15) is 0 Å². The lowest BCUT2D eigenvalue weighted by atomic mass is 10.00. The maximum absolute atomic E-state index is 12.3. The first kappa shape index (κ1) is 16.5. The first-order valence-electron chi connectivity index (χ1n) is 8.46. The van der Waals surface area contributed by atoms with E-state index < -0.39 is 0 Å². The molecule has 3 heteroatoms. The highest BCUT2D eigenvalue weighted by Crippen LogP contribution is 2.22. The van der Waals surface area contributed by atoms with Crippen molar-refractivity contribution < 1.29 is 4.79 Å². The van der Waals surface area contributed by atoms with Crippen LogP contribution in [0.15, 0.2) is 54.6 Å². The number of anilines is 1. The van der Waals surface area contributed by atoms with Gasteiger partial charge >= 0.3 is 0 Å². The number of carbonyl (C=O) groups is 1. The van der Waals surface area contributed by atoms with Gasteiger partial charge in [-0.2, -0.15) is 0 Å². The van der Waals surface area contributed by atoms with Crippen LogP contribution >= 0.6 is 0 Å². The average Bonchev–Trinajstić information content (AvgIpc) is 2.59. The predicted octanol–water partition coefficient (Wildman–Crippen LogP) is 4.03. The zero-order valence-electron chi connectivity index (χ0n) is 14.4. The van der Waals surface area contributed by atoms with Crippen molar-refractivity contribution in [2.24, 2.45) is 0 Å². The Hall–Kier alpha value is -2.39. The monoisotopic (exact) mass is 320 g/mol. The molecule has 0 spiro atoms. The van der Waals surface area contributed by atoms with Crippen LogP contribution in [0.5, 0.6) is 0 Å². The third kappa shape index (κ3) is 4.12. The van der Waals surface area contributed by atoms with Crippen molar-refractivity contribution in [1.29, 1.82) is 0 Å². The summed E-state index contributed by atoms with van der Waals surface area (Å²) in [5.41, 5.74) is 5.97. The molecule has 0 aromatic heterocycles. The van der Waals surface area contributed by atoms with Crippen molar-refractivity contribution in [3.05, 3.63) is 71.3 Å². The van der Waals surface area contributed by atoms with E-state index in [1.807, 2.05) is 24.3 Å². The lowest BCUT2D eigenvalue weighted by molar-refractivity contribution is -0.117. The van der Waals surface area contributed by atoms with E-state index in [9.17, 15) is 4.79 Å². The lowest BCUT2D eigenvalue weighted by Crippen LogP contribution is -2.36. The summed E-state index contributed by atoms with van der Waals surface area (Å²) in [6, 6.07) is 16.5. The molecule has 2 aromatic carbocycles. The Bertz CT molecular complexity index is 750. The van der Waals surface area contributed by atoms with Crippen LogP contribution in [0, 0.1) is 13.8 Å². The smallest absolute Gasteiger partial charge is 0.238 e. The van der Waals surface area contributed by atoms with Crippen molar-refractivity contribution in [3.8, 4) is 0 Å². The summed E-state index contributed by atoms with van der Waals surface area (Å²) in [5.74, 6) is 0.0508. The molecule has 1 N–H and O–H groups in total. The largest absolute Gasteiger partial charge is 0.325 e. The van der Waals surface area contributed by atoms with Crippen LogP contribution in [0.25, 0.3) is 5.57 Å². The molecule has 0 radical (unpaired) electrons. The number of rotatable bonds is 4. The fraction of sp³-hybridized carbons (Fsp3) is 0.286. The number of carbonyl (C=O) groups excluding carboxylic acids is 1. The Morgan fingerprint density at radius 3 is 2.54 bits per heavy atom. The van der Waals surface area contributed by atoms with Gasteiger partial charge in [-0.15, -0.1) is 0 Å². The Labute approximate surface area is 144 Å². The molecule has 0 bridgehead atoms. The molecular formula is C21H24N2O. The quantitative estimate of drug-likeness (QED) is 0.922. The summed E-state index contributed by atoms with van der Waals surface area (Å²) >= 11 is 0. The van der Waals surface area contributed by atoms with E-state index in [1.54, 1.807) is 0 Å². The second-order valence-electron chi connectivity index (χ2n) is 6.43. The van der Waals surface area contributed by atoms with Gasteiger partial charge < -0.3 is 5.32 Å². The molecule has 24 heavy (non-hydrogen) atoms. The van der Waals surface area contributed by atoms with Crippen LogP contribution in [0.3, 0.4) is 0 Å². The molecule has 1 aliphatic heterocycles. The second-order valence-corrected chi connectivity index (χ2v) is 6.43. The Kier molecular flexibility index (Phi) is 5.11. The fourth-order valence-corrected chi connectivity index (χ4v) is 2.99. The summed E-state index contributed by atoms with van der Waals surface area (Å²) in [6.07, 6.45) is 3.23. The van der Waals surface area contributed by atoms with E-state index in [0.29, 0.717) is 6.54 Å². The molecule has 3 rings (SSSR count). The van der Waals surface area contributed by atoms with Crippen molar-refractivity contribution in [2.45, 2.75) is 20.3 Å². The molecule has 1 amide bonds. The first-order valence-corrected chi connectivity index (χ1v) is 8.46. The molecule has 124 valence electrons. The van der Waals surface area contributed by atoms with Gasteiger partial charge in [0.15, 0.2) is 0 Å². The third-order valence-corrected chi connectivity index (χ3v) is 4.60. The average molecular weight is 320 g/mol. The Balaban J connectivity index is 1.54. The first-order chi connectivity index (χ1) is 11.6.